The Morgan fingerprint density at radius 1 is 1.55 bits per heavy atom. The van der Waals surface area contributed by atoms with Gasteiger partial charge in [0.05, 0.1) is 19.4 Å². The van der Waals surface area contributed by atoms with Gasteiger partial charge in [-0.15, -0.1) is 11.3 Å². The van der Waals surface area contributed by atoms with Gasteiger partial charge in [-0.25, -0.2) is 0 Å². The monoisotopic (exact) mass is 290 g/mol. The maximum Gasteiger partial charge on any atom is 0.234 e. The fourth-order valence-corrected chi connectivity index (χ4v) is 3.58. The van der Waals surface area contributed by atoms with E-state index in [1.807, 2.05) is 23.5 Å². The van der Waals surface area contributed by atoms with Crippen LogP contribution in [0.5, 0.6) is 0 Å². The molecule has 1 amide bonds. The van der Waals surface area contributed by atoms with E-state index < -0.39 is 0 Å². The smallest absolute Gasteiger partial charge is 0.234 e. The minimum Gasteiger partial charge on any atom is -0.467 e. The molecule has 0 aromatic carbocycles. The Morgan fingerprint density at radius 2 is 2.45 bits per heavy atom. The molecule has 106 valence electrons. The quantitative estimate of drug-likeness (QED) is 0.941. The number of furan rings is 1. The minimum absolute atomic E-state index is 0.0481. The lowest BCUT2D eigenvalue weighted by Gasteiger charge is -2.32. The van der Waals surface area contributed by atoms with Crippen LogP contribution in [0.4, 0.5) is 0 Å². The molecule has 0 radical (unpaired) electrons. The largest absolute Gasteiger partial charge is 0.467 e. The van der Waals surface area contributed by atoms with E-state index in [0.29, 0.717) is 19.1 Å². The number of carbonyl (C=O) groups is 1. The highest BCUT2D eigenvalue weighted by molar-refractivity contribution is 7.10. The molecule has 20 heavy (non-hydrogen) atoms. The number of nitrogens with one attached hydrogen (secondary N) is 1. The van der Waals surface area contributed by atoms with Crippen LogP contribution in [0.1, 0.15) is 29.2 Å². The number of carbonyl (C=O) groups excluding carboxylic acids is 1. The van der Waals surface area contributed by atoms with Crippen LogP contribution in [-0.2, 0) is 17.8 Å². The summed E-state index contributed by atoms with van der Waals surface area (Å²) in [7, 11) is 0. The van der Waals surface area contributed by atoms with Crippen molar-refractivity contribution in [3.05, 3.63) is 46.0 Å². The van der Waals surface area contributed by atoms with Crippen molar-refractivity contribution in [2.75, 3.05) is 13.1 Å². The van der Waals surface area contributed by atoms with Crippen LogP contribution in [0, 0.1) is 0 Å². The topological polar surface area (TPSA) is 45.5 Å². The number of rotatable bonds is 4. The Labute approximate surface area is 122 Å². The van der Waals surface area contributed by atoms with Crippen molar-refractivity contribution in [2.45, 2.75) is 25.9 Å². The fraction of sp³-hybridized carbons (Fsp3) is 0.400. The first-order chi connectivity index (χ1) is 9.74. The molecule has 0 saturated carbocycles. The van der Waals surface area contributed by atoms with Crippen LogP contribution >= 0.6 is 11.3 Å². The molecule has 0 fully saturated rings. The molecule has 1 atom stereocenters. The first-order valence-electron chi connectivity index (χ1n) is 6.83. The summed E-state index contributed by atoms with van der Waals surface area (Å²) in [4.78, 5) is 15.7. The Hall–Kier alpha value is -1.59. The highest BCUT2D eigenvalue weighted by Crippen LogP contribution is 2.32. The van der Waals surface area contributed by atoms with Crippen molar-refractivity contribution in [2.24, 2.45) is 0 Å². The van der Waals surface area contributed by atoms with Crippen LogP contribution in [0.25, 0.3) is 0 Å². The van der Waals surface area contributed by atoms with E-state index in [1.165, 1.54) is 10.4 Å². The molecular weight excluding hydrogens is 272 g/mol. The summed E-state index contributed by atoms with van der Waals surface area (Å²) in [5, 5.41) is 5.04. The number of hydrogen-bond acceptors (Lipinski definition) is 4. The normalized spacial score (nSPS) is 18.8. The minimum atomic E-state index is 0.0481. The lowest BCUT2D eigenvalue weighted by molar-refractivity contribution is -0.123. The third-order valence-electron chi connectivity index (χ3n) is 3.79. The summed E-state index contributed by atoms with van der Waals surface area (Å²) in [6.07, 6.45) is 2.66. The SMILES string of the molecule is CC1c2ccsc2CCN1CC(=O)NCc1ccco1. The Morgan fingerprint density at radius 3 is 3.25 bits per heavy atom. The Balaban J connectivity index is 1.54. The molecule has 1 N–H and O–H groups in total. The zero-order chi connectivity index (χ0) is 13.9. The molecule has 0 saturated heterocycles. The lowest BCUT2D eigenvalue weighted by atomic mass is 10.0. The van der Waals surface area contributed by atoms with Gasteiger partial charge in [0.25, 0.3) is 0 Å². The molecule has 3 heterocycles. The molecule has 5 heteroatoms. The lowest BCUT2D eigenvalue weighted by Crippen LogP contribution is -2.41. The molecule has 2 aromatic heterocycles. The average Bonchev–Trinajstić information content (AvgIpc) is 3.10. The zero-order valence-corrected chi connectivity index (χ0v) is 12.3. The maximum absolute atomic E-state index is 12.0. The molecular formula is C15H18N2O2S. The number of nitrogens with zero attached hydrogens (tertiary/aromatic N) is 1. The van der Waals surface area contributed by atoms with Gasteiger partial charge in [-0.05, 0) is 42.5 Å². The van der Waals surface area contributed by atoms with Crippen LogP contribution in [0.15, 0.2) is 34.3 Å². The Bertz CT molecular complexity index is 576. The van der Waals surface area contributed by atoms with E-state index in [9.17, 15) is 4.79 Å². The predicted molar refractivity (Wildman–Crippen MR) is 78.6 cm³/mol. The fourth-order valence-electron chi connectivity index (χ4n) is 2.62. The number of amides is 1. The van der Waals surface area contributed by atoms with Crippen LogP contribution in [0.3, 0.4) is 0 Å². The van der Waals surface area contributed by atoms with Gasteiger partial charge in [-0.2, -0.15) is 0 Å². The molecule has 1 unspecified atom stereocenters. The van der Waals surface area contributed by atoms with Gasteiger partial charge in [0.1, 0.15) is 5.76 Å². The first-order valence-corrected chi connectivity index (χ1v) is 7.71. The molecule has 1 aliphatic rings. The highest BCUT2D eigenvalue weighted by atomic mass is 32.1. The Kier molecular flexibility index (Phi) is 3.89. The molecule has 0 bridgehead atoms. The average molecular weight is 290 g/mol. The zero-order valence-electron chi connectivity index (χ0n) is 11.5. The van der Waals surface area contributed by atoms with Gasteiger partial charge >= 0.3 is 0 Å². The summed E-state index contributed by atoms with van der Waals surface area (Å²) < 4.78 is 5.20. The standard InChI is InChI=1S/C15H18N2O2S/c1-11-13-5-8-20-14(13)4-6-17(11)10-15(18)16-9-12-3-2-7-19-12/h2-3,5,7-8,11H,4,6,9-10H2,1H3,(H,16,18). The maximum atomic E-state index is 12.0. The van der Waals surface area contributed by atoms with Crippen LogP contribution < -0.4 is 5.32 Å². The molecule has 3 rings (SSSR count). The second-order valence-corrected chi connectivity index (χ2v) is 6.05. The van der Waals surface area contributed by atoms with E-state index >= 15 is 0 Å². The second-order valence-electron chi connectivity index (χ2n) is 5.05. The number of thiophene rings is 1. The highest BCUT2D eigenvalue weighted by Gasteiger charge is 2.25. The summed E-state index contributed by atoms with van der Waals surface area (Å²) in [5.41, 5.74) is 1.38. The number of fused-ring (bicyclic) bond motifs is 1. The van der Waals surface area contributed by atoms with Gasteiger partial charge in [0, 0.05) is 17.5 Å². The molecule has 2 aromatic rings. The van der Waals surface area contributed by atoms with Crippen molar-refractivity contribution < 1.29 is 9.21 Å². The summed E-state index contributed by atoms with van der Waals surface area (Å²) in [5.74, 6) is 0.831. The first kappa shape index (κ1) is 13.4. The summed E-state index contributed by atoms with van der Waals surface area (Å²) in [6.45, 7) is 4.02. The van der Waals surface area contributed by atoms with Crippen LogP contribution in [0.2, 0.25) is 0 Å². The van der Waals surface area contributed by atoms with Gasteiger partial charge in [0.15, 0.2) is 0 Å². The predicted octanol–water partition coefficient (Wildman–Crippen LogP) is 2.58. The van der Waals surface area contributed by atoms with E-state index in [-0.39, 0.29) is 5.91 Å². The molecule has 1 aliphatic heterocycles. The van der Waals surface area contributed by atoms with Gasteiger partial charge in [-0.3, -0.25) is 9.69 Å². The van der Waals surface area contributed by atoms with Gasteiger partial charge in [0.2, 0.25) is 5.91 Å². The van der Waals surface area contributed by atoms with Gasteiger partial charge < -0.3 is 9.73 Å². The summed E-state index contributed by atoms with van der Waals surface area (Å²) >= 11 is 1.82. The molecule has 0 aliphatic carbocycles. The molecule has 4 nitrogen and oxygen atoms in total. The van der Waals surface area contributed by atoms with E-state index in [0.717, 1.165) is 18.7 Å². The second kappa shape index (κ2) is 5.81. The van der Waals surface area contributed by atoms with Crippen molar-refractivity contribution in [3.63, 3.8) is 0 Å². The van der Waals surface area contributed by atoms with Crippen molar-refractivity contribution >= 4 is 17.2 Å². The van der Waals surface area contributed by atoms with Crippen molar-refractivity contribution in [3.8, 4) is 0 Å². The van der Waals surface area contributed by atoms with E-state index in [1.54, 1.807) is 6.26 Å². The van der Waals surface area contributed by atoms with E-state index in [4.69, 9.17) is 4.42 Å². The number of hydrogen-bond donors (Lipinski definition) is 1. The van der Waals surface area contributed by atoms with Crippen molar-refractivity contribution in [1.29, 1.82) is 0 Å². The van der Waals surface area contributed by atoms with Crippen LogP contribution in [-0.4, -0.2) is 23.9 Å². The molecule has 0 spiro atoms. The van der Waals surface area contributed by atoms with E-state index in [2.05, 4.69) is 28.6 Å². The summed E-state index contributed by atoms with van der Waals surface area (Å²) in [6, 6.07) is 6.19. The third-order valence-corrected chi connectivity index (χ3v) is 4.79. The third kappa shape index (κ3) is 2.78. The van der Waals surface area contributed by atoms with Crippen molar-refractivity contribution in [1.82, 2.24) is 10.2 Å². The van der Waals surface area contributed by atoms with Gasteiger partial charge in [-0.1, -0.05) is 0 Å².